The first kappa shape index (κ1) is 13.4. The smallest absolute Gasteiger partial charge is 0.121 e. The molecule has 100 valence electrons. The Balaban J connectivity index is 1.95. The number of hydrogen-bond acceptors (Lipinski definition) is 3. The molecule has 0 spiro atoms. The molecule has 2 aromatic rings. The first-order valence-corrected chi connectivity index (χ1v) is 6.67. The van der Waals surface area contributed by atoms with Gasteiger partial charge in [-0.05, 0) is 43.2 Å². The first-order chi connectivity index (χ1) is 9.28. The Morgan fingerprint density at radius 2 is 2.00 bits per heavy atom. The SMILES string of the molecule is CCC(C)Oc1cccc(NCc2ccncc2)c1. The van der Waals surface area contributed by atoms with Crippen molar-refractivity contribution in [3.05, 3.63) is 54.4 Å². The van der Waals surface area contributed by atoms with Gasteiger partial charge >= 0.3 is 0 Å². The van der Waals surface area contributed by atoms with Crippen LogP contribution in [0.1, 0.15) is 25.8 Å². The standard InChI is InChI=1S/C16H20N2O/c1-3-13(2)19-16-6-4-5-15(11-16)18-12-14-7-9-17-10-8-14/h4-11,13,18H,3,12H2,1-2H3. The number of aromatic nitrogens is 1. The molecule has 3 heteroatoms. The van der Waals surface area contributed by atoms with Crippen LogP contribution in [0.4, 0.5) is 5.69 Å². The molecular weight excluding hydrogens is 236 g/mol. The number of nitrogens with zero attached hydrogens (tertiary/aromatic N) is 1. The monoisotopic (exact) mass is 256 g/mol. The molecule has 3 nitrogen and oxygen atoms in total. The highest BCUT2D eigenvalue weighted by molar-refractivity contribution is 5.48. The van der Waals surface area contributed by atoms with Crippen molar-refractivity contribution in [3.63, 3.8) is 0 Å². The van der Waals surface area contributed by atoms with Gasteiger partial charge in [-0.3, -0.25) is 4.98 Å². The fourth-order valence-corrected chi connectivity index (χ4v) is 1.70. The lowest BCUT2D eigenvalue weighted by Crippen LogP contribution is -2.09. The molecule has 1 aromatic carbocycles. The summed E-state index contributed by atoms with van der Waals surface area (Å²) in [4.78, 5) is 4.01. The van der Waals surface area contributed by atoms with E-state index in [4.69, 9.17) is 4.74 Å². The van der Waals surface area contributed by atoms with Gasteiger partial charge in [-0.1, -0.05) is 13.0 Å². The molecule has 0 saturated heterocycles. The van der Waals surface area contributed by atoms with E-state index in [1.165, 1.54) is 5.56 Å². The van der Waals surface area contributed by atoms with Crippen LogP contribution in [0.2, 0.25) is 0 Å². The minimum absolute atomic E-state index is 0.246. The summed E-state index contributed by atoms with van der Waals surface area (Å²) in [7, 11) is 0. The molecule has 0 radical (unpaired) electrons. The van der Waals surface area contributed by atoms with Crippen molar-refractivity contribution in [2.24, 2.45) is 0 Å². The van der Waals surface area contributed by atoms with Gasteiger partial charge in [0.2, 0.25) is 0 Å². The Bertz CT molecular complexity index is 499. The van der Waals surface area contributed by atoms with E-state index in [2.05, 4.69) is 24.1 Å². The molecular formula is C16H20N2O. The van der Waals surface area contributed by atoms with Crippen molar-refractivity contribution in [2.75, 3.05) is 5.32 Å². The van der Waals surface area contributed by atoms with E-state index in [-0.39, 0.29) is 6.10 Å². The minimum atomic E-state index is 0.246. The van der Waals surface area contributed by atoms with Crippen molar-refractivity contribution in [3.8, 4) is 5.75 Å². The third-order valence-electron chi connectivity index (χ3n) is 2.99. The van der Waals surface area contributed by atoms with E-state index < -0.39 is 0 Å². The van der Waals surface area contributed by atoms with Crippen molar-refractivity contribution >= 4 is 5.69 Å². The second kappa shape index (κ2) is 6.78. The zero-order valence-electron chi connectivity index (χ0n) is 11.5. The Morgan fingerprint density at radius 3 is 2.74 bits per heavy atom. The maximum atomic E-state index is 5.81. The summed E-state index contributed by atoms with van der Waals surface area (Å²) in [5.74, 6) is 0.911. The van der Waals surface area contributed by atoms with Gasteiger partial charge in [0.15, 0.2) is 0 Å². The van der Waals surface area contributed by atoms with Crippen LogP contribution >= 0.6 is 0 Å². The predicted octanol–water partition coefficient (Wildman–Crippen LogP) is 3.87. The number of ether oxygens (including phenoxy) is 1. The fourth-order valence-electron chi connectivity index (χ4n) is 1.70. The normalized spacial score (nSPS) is 11.9. The van der Waals surface area contributed by atoms with Gasteiger partial charge in [0, 0.05) is 30.7 Å². The van der Waals surface area contributed by atoms with Gasteiger partial charge in [0.1, 0.15) is 5.75 Å². The zero-order valence-corrected chi connectivity index (χ0v) is 11.5. The summed E-state index contributed by atoms with van der Waals surface area (Å²) in [6.45, 7) is 4.99. The second-order valence-corrected chi connectivity index (χ2v) is 4.57. The van der Waals surface area contributed by atoms with E-state index in [1.807, 2.05) is 36.4 Å². The summed E-state index contributed by atoms with van der Waals surface area (Å²) in [5.41, 5.74) is 2.28. The zero-order chi connectivity index (χ0) is 13.5. The lowest BCUT2D eigenvalue weighted by Gasteiger charge is -2.14. The quantitative estimate of drug-likeness (QED) is 0.852. The van der Waals surface area contributed by atoms with Gasteiger partial charge in [0.05, 0.1) is 6.10 Å². The minimum Gasteiger partial charge on any atom is -0.491 e. The van der Waals surface area contributed by atoms with E-state index in [0.717, 1.165) is 24.4 Å². The van der Waals surface area contributed by atoms with Crippen molar-refractivity contribution in [2.45, 2.75) is 32.9 Å². The van der Waals surface area contributed by atoms with E-state index in [1.54, 1.807) is 12.4 Å². The molecule has 2 rings (SSSR count). The topological polar surface area (TPSA) is 34.1 Å². The highest BCUT2D eigenvalue weighted by Crippen LogP contribution is 2.19. The number of benzene rings is 1. The van der Waals surface area contributed by atoms with Gasteiger partial charge in [-0.25, -0.2) is 0 Å². The van der Waals surface area contributed by atoms with Crippen molar-refractivity contribution in [1.82, 2.24) is 4.98 Å². The van der Waals surface area contributed by atoms with Crippen LogP contribution in [0, 0.1) is 0 Å². The first-order valence-electron chi connectivity index (χ1n) is 6.67. The van der Waals surface area contributed by atoms with E-state index in [9.17, 15) is 0 Å². The average Bonchev–Trinajstić information content (AvgIpc) is 2.46. The van der Waals surface area contributed by atoms with E-state index in [0.29, 0.717) is 0 Å². The van der Waals surface area contributed by atoms with Crippen molar-refractivity contribution in [1.29, 1.82) is 0 Å². The Morgan fingerprint density at radius 1 is 1.21 bits per heavy atom. The molecule has 1 N–H and O–H groups in total. The van der Waals surface area contributed by atoms with Crippen LogP contribution in [0.15, 0.2) is 48.8 Å². The van der Waals surface area contributed by atoms with Gasteiger partial charge in [-0.15, -0.1) is 0 Å². The number of nitrogens with one attached hydrogen (secondary N) is 1. The van der Waals surface area contributed by atoms with Crippen LogP contribution in [0.25, 0.3) is 0 Å². The highest BCUT2D eigenvalue weighted by atomic mass is 16.5. The summed E-state index contributed by atoms with van der Waals surface area (Å²) in [6, 6.07) is 12.1. The van der Waals surface area contributed by atoms with E-state index >= 15 is 0 Å². The van der Waals surface area contributed by atoms with Crippen molar-refractivity contribution < 1.29 is 4.74 Å². The number of hydrogen-bond donors (Lipinski definition) is 1. The number of pyridine rings is 1. The Labute approximate surface area is 114 Å². The largest absolute Gasteiger partial charge is 0.491 e. The second-order valence-electron chi connectivity index (χ2n) is 4.57. The maximum absolute atomic E-state index is 5.81. The lowest BCUT2D eigenvalue weighted by atomic mass is 10.2. The molecule has 0 amide bonds. The summed E-state index contributed by atoms with van der Waals surface area (Å²) < 4.78 is 5.81. The predicted molar refractivity (Wildman–Crippen MR) is 78.4 cm³/mol. The van der Waals surface area contributed by atoms with Crippen LogP contribution in [0.3, 0.4) is 0 Å². The van der Waals surface area contributed by atoms with Crippen LogP contribution in [0.5, 0.6) is 5.75 Å². The van der Waals surface area contributed by atoms with Gasteiger partial charge in [-0.2, -0.15) is 0 Å². The number of anilines is 1. The molecule has 0 fully saturated rings. The molecule has 1 heterocycles. The van der Waals surface area contributed by atoms with Gasteiger partial charge < -0.3 is 10.1 Å². The molecule has 0 saturated carbocycles. The summed E-state index contributed by atoms with van der Waals surface area (Å²) in [5, 5.41) is 3.38. The molecule has 19 heavy (non-hydrogen) atoms. The summed E-state index contributed by atoms with van der Waals surface area (Å²) >= 11 is 0. The molecule has 0 aliphatic carbocycles. The third-order valence-corrected chi connectivity index (χ3v) is 2.99. The molecule has 1 aromatic heterocycles. The lowest BCUT2D eigenvalue weighted by molar-refractivity contribution is 0.217. The van der Waals surface area contributed by atoms with Gasteiger partial charge in [0.25, 0.3) is 0 Å². The Kier molecular flexibility index (Phi) is 4.78. The number of rotatable bonds is 6. The molecule has 0 bridgehead atoms. The van der Waals surface area contributed by atoms with Crippen LogP contribution in [-0.4, -0.2) is 11.1 Å². The molecule has 0 aliphatic rings. The van der Waals surface area contributed by atoms with Crippen LogP contribution in [-0.2, 0) is 6.54 Å². The molecule has 0 aliphatic heterocycles. The highest BCUT2D eigenvalue weighted by Gasteiger charge is 2.01. The van der Waals surface area contributed by atoms with Crippen LogP contribution < -0.4 is 10.1 Å². The fraction of sp³-hybridized carbons (Fsp3) is 0.312. The average molecular weight is 256 g/mol. The maximum Gasteiger partial charge on any atom is 0.121 e. The summed E-state index contributed by atoms with van der Waals surface area (Å²) in [6.07, 6.45) is 4.86. The molecule has 1 atom stereocenters. The molecule has 1 unspecified atom stereocenters. The third kappa shape index (κ3) is 4.28. The Hall–Kier alpha value is -2.03.